The lowest BCUT2D eigenvalue weighted by atomic mass is 10.1. The molecular formula is C18H24N4O2S. The SMILES string of the molecule is CC(C)(C)S(=O)Cc1cccc(NC(=O)c2n[nH]c3c2CNCC3)c1. The number of aromatic nitrogens is 2. The average Bonchev–Trinajstić information content (AvgIpc) is 2.98. The molecule has 6 nitrogen and oxygen atoms in total. The van der Waals surface area contributed by atoms with Gasteiger partial charge in [-0.15, -0.1) is 0 Å². The molecule has 0 saturated heterocycles. The second kappa shape index (κ2) is 7.09. The predicted octanol–water partition coefficient (Wildman–Crippen LogP) is 2.35. The van der Waals surface area contributed by atoms with Gasteiger partial charge in [-0.2, -0.15) is 5.10 Å². The number of fused-ring (bicyclic) bond motifs is 1. The molecule has 1 unspecified atom stereocenters. The number of hydrogen-bond donors (Lipinski definition) is 3. The van der Waals surface area contributed by atoms with Crippen LogP contribution in [0.25, 0.3) is 0 Å². The predicted molar refractivity (Wildman–Crippen MR) is 100.0 cm³/mol. The van der Waals surface area contributed by atoms with Gasteiger partial charge in [0.05, 0.1) is 0 Å². The summed E-state index contributed by atoms with van der Waals surface area (Å²) in [6.07, 6.45) is 0.851. The molecular weight excluding hydrogens is 336 g/mol. The van der Waals surface area contributed by atoms with Gasteiger partial charge in [-0.05, 0) is 38.5 Å². The van der Waals surface area contributed by atoms with Crippen molar-refractivity contribution in [2.45, 2.75) is 44.2 Å². The summed E-state index contributed by atoms with van der Waals surface area (Å²) in [7, 11) is -0.979. The molecule has 1 aliphatic heterocycles. The number of carbonyl (C=O) groups is 1. The molecule has 1 atom stereocenters. The van der Waals surface area contributed by atoms with Crippen molar-refractivity contribution < 1.29 is 9.00 Å². The van der Waals surface area contributed by atoms with E-state index in [1.165, 1.54) is 0 Å². The van der Waals surface area contributed by atoms with E-state index in [-0.39, 0.29) is 10.7 Å². The number of hydrogen-bond acceptors (Lipinski definition) is 4. The quantitative estimate of drug-likeness (QED) is 0.781. The molecule has 0 spiro atoms. The van der Waals surface area contributed by atoms with Crippen LogP contribution in [0.3, 0.4) is 0 Å². The van der Waals surface area contributed by atoms with Crippen LogP contribution in [0.15, 0.2) is 24.3 Å². The molecule has 1 aromatic heterocycles. The molecule has 1 amide bonds. The summed E-state index contributed by atoms with van der Waals surface area (Å²) in [5.74, 6) is 0.241. The summed E-state index contributed by atoms with van der Waals surface area (Å²) in [5.41, 5.74) is 4.03. The number of amides is 1. The van der Waals surface area contributed by atoms with Crippen LogP contribution in [0, 0.1) is 0 Å². The van der Waals surface area contributed by atoms with E-state index >= 15 is 0 Å². The zero-order valence-electron chi connectivity index (χ0n) is 14.8. The van der Waals surface area contributed by atoms with Gasteiger partial charge >= 0.3 is 0 Å². The first-order valence-electron chi connectivity index (χ1n) is 8.40. The van der Waals surface area contributed by atoms with E-state index < -0.39 is 10.8 Å². The Labute approximate surface area is 150 Å². The Hall–Kier alpha value is -1.99. The molecule has 0 saturated carbocycles. The molecule has 2 aromatic rings. The molecule has 0 aliphatic carbocycles. The minimum Gasteiger partial charge on any atom is -0.321 e. The van der Waals surface area contributed by atoms with Crippen LogP contribution >= 0.6 is 0 Å². The highest BCUT2D eigenvalue weighted by atomic mass is 32.2. The number of carbonyl (C=O) groups excluding carboxylic acids is 1. The summed E-state index contributed by atoms with van der Waals surface area (Å²) in [4.78, 5) is 12.6. The summed E-state index contributed by atoms with van der Waals surface area (Å²) >= 11 is 0. The number of anilines is 1. The third-order valence-corrected chi connectivity index (χ3v) is 6.15. The largest absolute Gasteiger partial charge is 0.321 e. The fourth-order valence-corrected chi connectivity index (χ4v) is 3.63. The van der Waals surface area contributed by atoms with Crippen molar-refractivity contribution in [3.05, 3.63) is 46.8 Å². The molecule has 134 valence electrons. The van der Waals surface area contributed by atoms with Gasteiger partial charge in [0.1, 0.15) is 0 Å². The molecule has 3 rings (SSSR count). The summed E-state index contributed by atoms with van der Waals surface area (Å²) in [6.45, 7) is 7.43. The van der Waals surface area contributed by atoms with E-state index in [2.05, 4.69) is 20.8 Å². The first kappa shape index (κ1) is 17.8. The second-order valence-electron chi connectivity index (χ2n) is 7.21. The van der Waals surface area contributed by atoms with Crippen molar-refractivity contribution in [3.8, 4) is 0 Å². The first-order valence-corrected chi connectivity index (χ1v) is 9.72. The van der Waals surface area contributed by atoms with E-state index in [9.17, 15) is 9.00 Å². The maximum atomic E-state index is 12.6. The molecule has 0 bridgehead atoms. The summed E-state index contributed by atoms with van der Waals surface area (Å²) in [6, 6.07) is 7.50. The lowest BCUT2D eigenvalue weighted by Crippen LogP contribution is -2.25. The highest BCUT2D eigenvalue weighted by molar-refractivity contribution is 7.85. The van der Waals surface area contributed by atoms with Gasteiger partial charge in [0.15, 0.2) is 5.69 Å². The van der Waals surface area contributed by atoms with Gasteiger partial charge in [-0.25, -0.2) is 0 Å². The third-order valence-electron chi connectivity index (χ3n) is 4.19. The fourth-order valence-electron chi connectivity index (χ4n) is 2.71. The Morgan fingerprint density at radius 1 is 1.36 bits per heavy atom. The monoisotopic (exact) mass is 360 g/mol. The molecule has 1 aliphatic rings. The molecule has 0 fully saturated rings. The second-order valence-corrected chi connectivity index (χ2v) is 9.42. The zero-order valence-corrected chi connectivity index (χ0v) is 15.6. The maximum Gasteiger partial charge on any atom is 0.276 e. The van der Waals surface area contributed by atoms with Crippen LogP contribution in [-0.4, -0.2) is 31.6 Å². The lowest BCUT2D eigenvalue weighted by Gasteiger charge is -2.18. The van der Waals surface area contributed by atoms with Gasteiger partial charge < -0.3 is 10.6 Å². The van der Waals surface area contributed by atoms with Crippen molar-refractivity contribution >= 4 is 22.4 Å². The van der Waals surface area contributed by atoms with E-state index in [1.807, 2.05) is 45.0 Å². The van der Waals surface area contributed by atoms with Crippen LogP contribution < -0.4 is 10.6 Å². The van der Waals surface area contributed by atoms with E-state index in [4.69, 9.17) is 0 Å². The van der Waals surface area contributed by atoms with E-state index in [0.717, 1.165) is 29.8 Å². The fraction of sp³-hybridized carbons (Fsp3) is 0.444. The zero-order chi connectivity index (χ0) is 18.0. The summed E-state index contributed by atoms with van der Waals surface area (Å²) in [5, 5.41) is 13.3. The number of nitrogens with zero attached hydrogens (tertiary/aromatic N) is 1. The molecule has 2 heterocycles. The normalized spacial score (nSPS) is 15.5. The Balaban J connectivity index is 1.73. The Bertz CT molecular complexity index is 808. The topological polar surface area (TPSA) is 86.9 Å². The number of aromatic amines is 1. The Kier molecular flexibility index (Phi) is 5.06. The minimum absolute atomic E-state index is 0.227. The van der Waals surface area contributed by atoms with Crippen LogP contribution in [0.1, 0.15) is 48.1 Å². The minimum atomic E-state index is -0.979. The Morgan fingerprint density at radius 2 is 2.16 bits per heavy atom. The van der Waals surface area contributed by atoms with Crippen LogP contribution in [-0.2, 0) is 29.5 Å². The standard InChI is InChI=1S/C18H24N4O2S/c1-18(2,3)25(24)11-12-5-4-6-13(9-12)20-17(23)16-14-10-19-8-7-15(14)21-22-16/h4-6,9,19H,7-8,10-11H2,1-3H3,(H,20,23)(H,21,22). The van der Waals surface area contributed by atoms with Gasteiger partial charge in [0.25, 0.3) is 5.91 Å². The van der Waals surface area contributed by atoms with Crippen molar-refractivity contribution in [2.75, 3.05) is 11.9 Å². The third kappa shape index (κ3) is 4.16. The molecule has 0 radical (unpaired) electrons. The summed E-state index contributed by atoms with van der Waals surface area (Å²) < 4.78 is 12.1. The maximum absolute atomic E-state index is 12.6. The van der Waals surface area contributed by atoms with Gasteiger partial charge in [0.2, 0.25) is 0 Å². The number of H-pyrrole nitrogens is 1. The molecule has 3 N–H and O–H groups in total. The van der Waals surface area contributed by atoms with Gasteiger partial charge in [-0.1, -0.05) is 12.1 Å². The van der Waals surface area contributed by atoms with Crippen LogP contribution in [0.4, 0.5) is 5.69 Å². The number of benzene rings is 1. The highest BCUT2D eigenvalue weighted by Gasteiger charge is 2.22. The number of rotatable bonds is 4. The van der Waals surface area contributed by atoms with E-state index in [1.54, 1.807) is 0 Å². The van der Waals surface area contributed by atoms with Crippen molar-refractivity contribution in [3.63, 3.8) is 0 Å². The highest BCUT2D eigenvalue weighted by Crippen LogP contribution is 2.20. The van der Waals surface area contributed by atoms with Crippen LogP contribution in [0.2, 0.25) is 0 Å². The molecule has 25 heavy (non-hydrogen) atoms. The van der Waals surface area contributed by atoms with Gasteiger partial charge in [-0.3, -0.25) is 14.1 Å². The van der Waals surface area contributed by atoms with Crippen molar-refractivity contribution in [1.29, 1.82) is 0 Å². The number of nitrogens with one attached hydrogen (secondary N) is 3. The van der Waals surface area contributed by atoms with Gasteiger partial charge in [0, 0.05) is 57.8 Å². The first-order chi connectivity index (χ1) is 11.8. The van der Waals surface area contributed by atoms with E-state index in [0.29, 0.717) is 23.7 Å². The Morgan fingerprint density at radius 3 is 2.92 bits per heavy atom. The smallest absolute Gasteiger partial charge is 0.276 e. The average molecular weight is 360 g/mol. The van der Waals surface area contributed by atoms with Crippen LogP contribution in [0.5, 0.6) is 0 Å². The van der Waals surface area contributed by atoms with Crippen molar-refractivity contribution in [2.24, 2.45) is 0 Å². The van der Waals surface area contributed by atoms with Crippen molar-refractivity contribution in [1.82, 2.24) is 15.5 Å². The molecule has 1 aromatic carbocycles. The molecule has 7 heteroatoms. The lowest BCUT2D eigenvalue weighted by molar-refractivity contribution is 0.102.